The number of nitrogens with zero attached hydrogens (tertiary/aromatic N) is 1. The van der Waals surface area contributed by atoms with Crippen molar-refractivity contribution in [1.82, 2.24) is 0 Å². The number of unbranched alkanes of at least 4 members (excludes halogenated alkanes) is 22. The minimum Gasteiger partial charge on any atom is -0.477 e. The SMILES string of the molecule is CC/C=C\C/C=C\C/C=C\C/C=C\C/C=C\C/C=C\C/C=C\C/C=C\C/C=C\CCCC(=O)OC(COC(=O)CCCCCCCCCCCCCCCCCCCCCCCC)COC(OCC[N+](C)(C)C)C(=O)O. The molecule has 0 radical (unpaired) electrons. The van der Waals surface area contributed by atoms with E-state index >= 15 is 0 Å². The van der Waals surface area contributed by atoms with Crippen LogP contribution in [0.5, 0.6) is 0 Å². The fraction of sp³-hybridized carbons (Fsp3) is 0.687. The fourth-order valence-electron chi connectivity index (χ4n) is 8.13. The van der Waals surface area contributed by atoms with Crippen LogP contribution >= 0.6 is 0 Å². The van der Waals surface area contributed by atoms with Gasteiger partial charge in [-0.2, -0.15) is 0 Å². The minimum absolute atomic E-state index is 0.172. The number of quaternary nitrogens is 1. The molecule has 2 atom stereocenters. The normalized spacial score (nSPS) is 13.5. The van der Waals surface area contributed by atoms with Crippen LogP contribution in [0.1, 0.15) is 239 Å². The van der Waals surface area contributed by atoms with E-state index in [1.54, 1.807) is 0 Å². The van der Waals surface area contributed by atoms with Crippen LogP contribution in [-0.4, -0.2) is 87.4 Å². The largest absolute Gasteiger partial charge is 0.477 e. The molecule has 1 N–H and O–H groups in total. The third-order valence-corrected chi connectivity index (χ3v) is 12.8. The standard InChI is InChI=1S/C67H113NO8/c1-6-8-10-12-14-16-18-20-22-24-26-28-30-31-32-33-34-35-36-38-40-42-44-46-48-50-52-54-56-58-65(70)76-63(62-75-67(66(71)72)73-60-59-68(3,4)5)61-74-64(69)57-55-53-51-49-47-45-43-41-39-37-29-27-25-23-21-19-17-15-13-11-9-7-2/h8,10,14,16,20,22,26,28,31-32,34-35,38,40,44,46,50,52,63,67H,6-7,9,11-13,15,17-19,21,23-25,27,29-30,33,36-37,39,41-43,45,47-49,51,53-62H2,1-5H3/p+1/b10-8-,16-14-,22-20-,28-26-,32-31-,35-34-,40-38-,46-44-,52-50-. The number of esters is 2. The number of aliphatic carboxylic acids is 1. The molecule has 0 spiro atoms. The van der Waals surface area contributed by atoms with Crippen LogP contribution in [0.15, 0.2) is 109 Å². The van der Waals surface area contributed by atoms with E-state index in [4.69, 9.17) is 18.9 Å². The Morgan fingerprint density at radius 3 is 1.11 bits per heavy atom. The lowest BCUT2D eigenvalue weighted by molar-refractivity contribution is -0.870. The van der Waals surface area contributed by atoms with E-state index in [1.165, 1.54) is 122 Å². The van der Waals surface area contributed by atoms with Gasteiger partial charge in [-0.25, -0.2) is 4.79 Å². The maximum absolute atomic E-state index is 12.9. The average Bonchev–Trinajstić information content (AvgIpc) is 3.39. The summed E-state index contributed by atoms with van der Waals surface area (Å²) >= 11 is 0. The van der Waals surface area contributed by atoms with Crippen molar-refractivity contribution in [3.8, 4) is 0 Å². The van der Waals surface area contributed by atoms with Crippen LogP contribution in [0, 0.1) is 0 Å². The Labute approximate surface area is 466 Å². The molecule has 0 aliphatic rings. The summed E-state index contributed by atoms with van der Waals surface area (Å²) < 4.78 is 22.8. The molecular formula is C67H114NO8+. The van der Waals surface area contributed by atoms with E-state index in [0.717, 1.165) is 77.0 Å². The maximum Gasteiger partial charge on any atom is 0.361 e. The smallest absolute Gasteiger partial charge is 0.361 e. The highest BCUT2D eigenvalue weighted by Crippen LogP contribution is 2.16. The van der Waals surface area contributed by atoms with Gasteiger partial charge < -0.3 is 28.5 Å². The van der Waals surface area contributed by atoms with Crippen molar-refractivity contribution in [3.63, 3.8) is 0 Å². The van der Waals surface area contributed by atoms with E-state index in [0.29, 0.717) is 23.9 Å². The van der Waals surface area contributed by atoms with Gasteiger partial charge >= 0.3 is 17.9 Å². The molecular weight excluding hydrogens is 947 g/mol. The Balaban J connectivity index is 4.35. The number of likely N-dealkylation sites (N-methyl/N-ethyl adjacent to an activating group) is 1. The first-order chi connectivity index (χ1) is 37.1. The number of ether oxygens (including phenoxy) is 4. The van der Waals surface area contributed by atoms with Gasteiger partial charge in [0.15, 0.2) is 6.10 Å². The lowest BCUT2D eigenvalue weighted by Gasteiger charge is -2.25. The molecule has 0 aromatic rings. The van der Waals surface area contributed by atoms with Gasteiger partial charge in [-0.1, -0.05) is 258 Å². The van der Waals surface area contributed by atoms with E-state index < -0.39 is 24.3 Å². The molecule has 9 heteroatoms. The van der Waals surface area contributed by atoms with Gasteiger partial charge in [0.1, 0.15) is 13.2 Å². The average molecular weight is 1060 g/mol. The summed E-state index contributed by atoms with van der Waals surface area (Å²) in [7, 11) is 5.95. The number of carbonyl (C=O) groups is 3. The number of rotatable bonds is 55. The molecule has 0 aromatic heterocycles. The van der Waals surface area contributed by atoms with Gasteiger partial charge in [0.05, 0.1) is 34.4 Å². The van der Waals surface area contributed by atoms with Gasteiger partial charge in [0, 0.05) is 12.8 Å². The van der Waals surface area contributed by atoms with E-state index in [-0.39, 0.29) is 38.6 Å². The van der Waals surface area contributed by atoms with Crippen molar-refractivity contribution < 1.29 is 42.9 Å². The summed E-state index contributed by atoms with van der Waals surface area (Å²) in [5.41, 5.74) is 0. The first-order valence-electron chi connectivity index (χ1n) is 30.6. The summed E-state index contributed by atoms with van der Waals surface area (Å²) in [6.45, 7) is 4.71. The molecule has 0 fully saturated rings. The van der Waals surface area contributed by atoms with Crippen LogP contribution in [-0.2, 0) is 33.3 Å². The maximum atomic E-state index is 12.9. The summed E-state index contributed by atoms with van der Waals surface area (Å²) in [5.74, 6) is -2.09. The van der Waals surface area contributed by atoms with Crippen LogP contribution in [0.2, 0.25) is 0 Å². The van der Waals surface area contributed by atoms with E-state index in [1.807, 2.05) is 21.1 Å². The van der Waals surface area contributed by atoms with E-state index in [2.05, 4.69) is 123 Å². The number of hydrogen-bond donors (Lipinski definition) is 1. The molecule has 76 heavy (non-hydrogen) atoms. The van der Waals surface area contributed by atoms with Gasteiger partial charge in [-0.3, -0.25) is 9.59 Å². The predicted octanol–water partition coefficient (Wildman–Crippen LogP) is 18.3. The van der Waals surface area contributed by atoms with E-state index in [9.17, 15) is 19.5 Å². The predicted molar refractivity (Wildman–Crippen MR) is 322 cm³/mol. The zero-order chi connectivity index (χ0) is 55.5. The summed E-state index contributed by atoms with van der Waals surface area (Å²) in [6.07, 6.45) is 76.1. The van der Waals surface area contributed by atoms with Crippen LogP contribution in [0.4, 0.5) is 0 Å². The summed E-state index contributed by atoms with van der Waals surface area (Å²) in [5, 5.41) is 9.71. The molecule has 0 heterocycles. The van der Waals surface area contributed by atoms with Gasteiger partial charge in [0.2, 0.25) is 0 Å². The van der Waals surface area contributed by atoms with Gasteiger partial charge in [0.25, 0.3) is 6.29 Å². The molecule has 0 aromatic carbocycles. The second kappa shape index (κ2) is 57.1. The minimum atomic E-state index is -1.53. The van der Waals surface area contributed by atoms with Crippen LogP contribution in [0.3, 0.4) is 0 Å². The number of hydrogen-bond acceptors (Lipinski definition) is 7. The fourth-order valence-corrected chi connectivity index (χ4v) is 8.13. The lowest BCUT2D eigenvalue weighted by Crippen LogP contribution is -2.40. The van der Waals surface area contributed by atoms with Gasteiger partial charge in [-0.15, -0.1) is 0 Å². The van der Waals surface area contributed by atoms with Crippen molar-refractivity contribution in [3.05, 3.63) is 109 Å². The quantitative estimate of drug-likeness (QED) is 0.0211. The third kappa shape index (κ3) is 57.7. The molecule has 0 aliphatic heterocycles. The summed E-state index contributed by atoms with van der Waals surface area (Å²) in [4.78, 5) is 37.4. The summed E-state index contributed by atoms with van der Waals surface area (Å²) in [6, 6.07) is 0. The molecule has 0 aliphatic carbocycles. The Hall–Kier alpha value is -4.05. The molecule has 434 valence electrons. The zero-order valence-electron chi connectivity index (χ0n) is 49.4. The highest BCUT2D eigenvalue weighted by molar-refractivity contribution is 5.71. The number of carboxylic acid groups (broad SMARTS) is 1. The highest BCUT2D eigenvalue weighted by Gasteiger charge is 2.25. The molecule has 0 saturated carbocycles. The van der Waals surface area contributed by atoms with Crippen molar-refractivity contribution in [2.45, 2.75) is 251 Å². The monoisotopic (exact) mass is 1060 g/mol. The van der Waals surface area contributed by atoms with Crippen molar-refractivity contribution in [2.24, 2.45) is 0 Å². The number of allylic oxidation sites excluding steroid dienone is 18. The van der Waals surface area contributed by atoms with Crippen LogP contribution in [0.25, 0.3) is 0 Å². The van der Waals surface area contributed by atoms with Gasteiger partial charge in [-0.05, 0) is 77.0 Å². The second-order valence-corrected chi connectivity index (χ2v) is 21.3. The topological polar surface area (TPSA) is 108 Å². The van der Waals surface area contributed by atoms with Crippen LogP contribution < -0.4 is 0 Å². The Morgan fingerprint density at radius 1 is 0.408 bits per heavy atom. The second-order valence-electron chi connectivity index (χ2n) is 21.3. The molecule has 0 saturated heterocycles. The molecule has 0 rings (SSSR count). The molecule has 9 nitrogen and oxygen atoms in total. The lowest BCUT2D eigenvalue weighted by atomic mass is 10.0. The van der Waals surface area contributed by atoms with Crippen molar-refractivity contribution in [2.75, 3.05) is 47.5 Å². The Morgan fingerprint density at radius 2 is 0.750 bits per heavy atom. The number of carboxylic acids is 1. The highest BCUT2D eigenvalue weighted by atomic mass is 16.7. The Bertz CT molecular complexity index is 1610. The molecule has 0 bridgehead atoms. The first kappa shape index (κ1) is 72.0. The Kier molecular flexibility index (Phi) is 54.1. The third-order valence-electron chi connectivity index (χ3n) is 12.8. The van der Waals surface area contributed by atoms with Crippen molar-refractivity contribution in [1.29, 1.82) is 0 Å². The van der Waals surface area contributed by atoms with Crippen molar-refractivity contribution >= 4 is 17.9 Å². The molecule has 2 unspecified atom stereocenters. The first-order valence-corrected chi connectivity index (χ1v) is 30.6. The molecule has 0 amide bonds. The number of carbonyl (C=O) groups excluding carboxylic acids is 2. The zero-order valence-corrected chi connectivity index (χ0v) is 49.4.